The summed E-state index contributed by atoms with van der Waals surface area (Å²) >= 11 is 7.10. The van der Waals surface area contributed by atoms with Crippen molar-refractivity contribution in [3.8, 4) is 17.1 Å². The van der Waals surface area contributed by atoms with E-state index in [0.29, 0.717) is 31.4 Å². The van der Waals surface area contributed by atoms with Gasteiger partial charge in [-0.15, -0.1) is 0 Å². The second-order valence-electron chi connectivity index (χ2n) is 8.28. The molecule has 0 saturated heterocycles. The van der Waals surface area contributed by atoms with E-state index in [1.165, 1.54) is 16.8 Å². The third-order valence-electron chi connectivity index (χ3n) is 5.71. The number of aromatic nitrogens is 2. The molecule has 0 fully saturated rings. The molecule has 0 spiro atoms. The van der Waals surface area contributed by atoms with Crippen LogP contribution in [0.3, 0.4) is 0 Å². The van der Waals surface area contributed by atoms with Crippen molar-refractivity contribution in [2.24, 2.45) is 5.10 Å². The molecule has 0 amide bonds. The van der Waals surface area contributed by atoms with Crippen LogP contribution in [0.15, 0.2) is 110 Å². The second-order valence-corrected chi connectivity index (χ2v) is 9.99. The average Bonchev–Trinajstić information content (AvgIpc) is 2.93. The van der Waals surface area contributed by atoms with Gasteiger partial charge in [0.05, 0.1) is 31.6 Å². The smallest absolute Gasteiger partial charge is 0.335 e. The first-order valence-corrected chi connectivity index (χ1v) is 13.0. The van der Waals surface area contributed by atoms with Crippen molar-refractivity contribution < 1.29 is 14.6 Å². The molecule has 0 bridgehead atoms. The van der Waals surface area contributed by atoms with Crippen molar-refractivity contribution in [2.75, 3.05) is 0 Å². The third kappa shape index (κ3) is 5.44. The van der Waals surface area contributed by atoms with E-state index in [9.17, 15) is 9.59 Å². The number of aromatic carboxylic acids is 1. The molecule has 9 heteroatoms. The summed E-state index contributed by atoms with van der Waals surface area (Å²) in [5, 5.41) is 14.1. The van der Waals surface area contributed by atoms with Gasteiger partial charge in [0.15, 0.2) is 5.82 Å². The molecule has 1 N–H and O–H groups in total. The van der Waals surface area contributed by atoms with Crippen LogP contribution in [0.4, 0.5) is 0 Å². The molecule has 7 nitrogen and oxygen atoms in total. The Balaban J connectivity index is 1.45. The number of halogens is 2. The molecule has 38 heavy (non-hydrogen) atoms. The molecule has 5 aromatic rings. The van der Waals surface area contributed by atoms with Crippen LogP contribution in [0, 0.1) is 0 Å². The number of nitrogens with zero attached hydrogens (tertiary/aromatic N) is 3. The lowest BCUT2D eigenvalue weighted by molar-refractivity contribution is 0.0697. The molecule has 1 heterocycles. The van der Waals surface area contributed by atoms with Crippen LogP contribution in [0.5, 0.6) is 5.75 Å². The molecule has 5 rings (SSSR count). The Morgan fingerprint density at radius 1 is 0.947 bits per heavy atom. The van der Waals surface area contributed by atoms with E-state index in [1.54, 1.807) is 30.5 Å². The molecule has 1 aromatic heterocycles. The standard InChI is InChI=1S/C29H19Br2N3O4/c30-23-14-19(15-24(31)26(23)38-17-18-10-12-21(13-11-18)29(36)37)16-32-34-27(20-6-2-1-3-7-20)33-25-9-5-4-8-22(25)28(34)35/h1-16H,17H2,(H,36,37). The molecular weight excluding hydrogens is 614 g/mol. The van der Waals surface area contributed by atoms with Crippen LogP contribution in [-0.4, -0.2) is 27.0 Å². The fourth-order valence-corrected chi connectivity index (χ4v) is 5.27. The Morgan fingerprint density at radius 3 is 2.29 bits per heavy atom. The van der Waals surface area contributed by atoms with Gasteiger partial charge in [-0.3, -0.25) is 4.79 Å². The van der Waals surface area contributed by atoms with Crippen LogP contribution in [-0.2, 0) is 6.61 Å². The Hall–Kier alpha value is -4.08. The van der Waals surface area contributed by atoms with E-state index in [2.05, 4.69) is 37.0 Å². The number of hydrogen-bond acceptors (Lipinski definition) is 5. The van der Waals surface area contributed by atoms with Gasteiger partial charge in [0.1, 0.15) is 12.4 Å². The van der Waals surface area contributed by atoms with Crippen LogP contribution in [0.1, 0.15) is 21.5 Å². The number of hydrogen-bond donors (Lipinski definition) is 1. The predicted octanol–water partition coefficient (Wildman–Crippen LogP) is 6.75. The molecule has 0 saturated carbocycles. The van der Waals surface area contributed by atoms with Crippen LogP contribution >= 0.6 is 31.9 Å². The normalized spacial score (nSPS) is 11.2. The minimum absolute atomic E-state index is 0.218. The lowest BCUT2D eigenvalue weighted by atomic mass is 10.1. The number of ether oxygens (including phenoxy) is 1. The first-order chi connectivity index (χ1) is 18.4. The zero-order valence-corrected chi connectivity index (χ0v) is 22.9. The summed E-state index contributed by atoms with van der Waals surface area (Å²) in [6.45, 7) is 0.253. The first kappa shape index (κ1) is 25.6. The summed E-state index contributed by atoms with van der Waals surface area (Å²) < 4.78 is 8.64. The molecule has 0 unspecified atom stereocenters. The van der Waals surface area contributed by atoms with Crippen molar-refractivity contribution in [3.63, 3.8) is 0 Å². The molecule has 0 aliphatic rings. The Labute approximate surface area is 234 Å². The zero-order chi connectivity index (χ0) is 26.6. The van der Waals surface area contributed by atoms with Crippen LogP contribution < -0.4 is 10.3 Å². The quantitative estimate of drug-likeness (QED) is 0.200. The Bertz CT molecular complexity index is 1710. The van der Waals surface area contributed by atoms with E-state index >= 15 is 0 Å². The fraction of sp³-hybridized carbons (Fsp3) is 0.0345. The van der Waals surface area contributed by atoms with Gasteiger partial charge in [-0.2, -0.15) is 9.78 Å². The van der Waals surface area contributed by atoms with E-state index in [1.807, 2.05) is 54.6 Å². The molecule has 4 aromatic carbocycles. The number of carboxylic acid groups (broad SMARTS) is 1. The number of carboxylic acids is 1. The summed E-state index contributed by atoms with van der Waals surface area (Å²) in [5.41, 5.74) is 2.88. The summed E-state index contributed by atoms with van der Waals surface area (Å²) in [4.78, 5) is 29.1. The minimum atomic E-state index is -0.974. The third-order valence-corrected chi connectivity index (χ3v) is 6.89. The fourth-order valence-electron chi connectivity index (χ4n) is 3.82. The minimum Gasteiger partial charge on any atom is -0.487 e. The van der Waals surface area contributed by atoms with Gasteiger partial charge in [-0.1, -0.05) is 54.6 Å². The number of para-hydroxylation sites is 1. The monoisotopic (exact) mass is 631 g/mol. The SMILES string of the molecule is O=C(O)c1ccc(COc2c(Br)cc(C=Nn3c(-c4ccccc4)nc4ccccc4c3=O)cc2Br)cc1. The van der Waals surface area contributed by atoms with Gasteiger partial charge in [0, 0.05) is 5.56 Å². The first-order valence-electron chi connectivity index (χ1n) is 11.5. The van der Waals surface area contributed by atoms with Crippen molar-refractivity contribution >= 4 is 54.9 Å². The summed E-state index contributed by atoms with van der Waals surface area (Å²) in [6, 6.07) is 26.8. The highest BCUT2D eigenvalue weighted by molar-refractivity contribution is 9.11. The summed E-state index contributed by atoms with van der Waals surface area (Å²) in [6.07, 6.45) is 1.59. The van der Waals surface area contributed by atoms with Crippen molar-refractivity contribution in [3.05, 3.63) is 127 Å². The summed E-state index contributed by atoms with van der Waals surface area (Å²) in [7, 11) is 0. The van der Waals surface area contributed by atoms with E-state index < -0.39 is 5.97 Å². The maximum atomic E-state index is 13.3. The number of fused-ring (bicyclic) bond motifs is 1. The summed E-state index contributed by atoms with van der Waals surface area (Å²) in [5.74, 6) is 0.0503. The molecule has 0 aliphatic carbocycles. The van der Waals surface area contributed by atoms with Gasteiger partial charge in [-0.25, -0.2) is 9.78 Å². The maximum Gasteiger partial charge on any atom is 0.335 e. The molecule has 0 radical (unpaired) electrons. The highest BCUT2D eigenvalue weighted by atomic mass is 79.9. The van der Waals surface area contributed by atoms with E-state index in [0.717, 1.165) is 16.7 Å². The van der Waals surface area contributed by atoms with Crippen molar-refractivity contribution in [2.45, 2.75) is 6.61 Å². The predicted molar refractivity (Wildman–Crippen MR) is 154 cm³/mol. The zero-order valence-electron chi connectivity index (χ0n) is 19.7. The van der Waals surface area contributed by atoms with Gasteiger partial charge in [0.25, 0.3) is 5.56 Å². The Kier molecular flexibility index (Phi) is 7.48. The molecular formula is C29H19Br2N3O4. The van der Waals surface area contributed by atoms with Crippen LogP contribution in [0.2, 0.25) is 0 Å². The highest BCUT2D eigenvalue weighted by Gasteiger charge is 2.13. The van der Waals surface area contributed by atoms with Crippen molar-refractivity contribution in [1.29, 1.82) is 0 Å². The van der Waals surface area contributed by atoms with Gasteiger partial charge >= 0.3 is 5.97 Å². The van der Waals surface area contributed by atoms with Gasteiger partial charge < -0.3 is 9.84 Å². The number of carbonyl (C=O) groups is 1. The lowest BCUT2D eigenvalue weighted by Crippen LogP contribution is -2.20. The molecule has 188 valence electrons. The number of rotatable bonds is 7. The van der Waals surface area contributed by atoms with Crippen molar-refractivity contribution in [1.82, 2.24) is 9.66 Å². The molecule has 0 atom stereocenters. The average molecular weight is 633 g/mol. The topological polar surface area (TPSA) is 93.8 Å². The maximum absolute atomic E-state index is 13.3. The van der Waals surface area contributed by atoms with E-state index in [4.69, 9.17) is 14.8 Å². The Morgan fingerprint density at radius 2 is 1.61 bits per heavy atom. The number of benzene rings is 4. The van der Waals surface area contributed by atoms with Gasteiger partial charge in [-0.05, 0) is 79.4 Å². The largest absolute Gasteiger partial charge is 0.487 e. The van der Waals surface area contributed by atoms with Crippen LogP contribution in [0.25, 0.3) is 22.3 Å². The highest BCUT2D eigenvalue weighted by Crippen LogP contribution is 2.35. The van der Waals surface area contributed by atoms with E-state index in [-0.39, 0.29) is 17.7 Å². The molecule has 0 aliphatic heterocycles. The lowest BCUT2D eigenvalue weighted by Gasteiger charge is -2.12. The van der Waals surface area contributed by atoms with Gasteiger partial charge in [0.2, 0.25) is 0 Å². The second kappa shape index (κ2) is 11.1.